The molecule has 1 heterocycles. The van der Waals surface area contributed by atoms with E-state index in [2.05, 4.69) is 17.2 Å². The van der Waals surface area contributed by atoms with E-state index in [-0.39, 0.29) is 0 Å². The van der Waals surface area contributed by atoms with Gasteiger partial charge < -0.3 is 10.1 Å². The molecule has 2 aromatic rings. The van der Waals surface area contributed by atoms with E-state index < -0.39 is 0 Å². The third-order valence-corrected chi connectivity index (χ3v) is 2.84. The molecule has 0 amide bonds. The fourth-order valence-corrected chi connectivity index (χ4v) is 1.85. The van der Waals surface area contributed by atoms with Crippen LogP contribution < -0.4 is 10.1 Å². The maximum Gasteiger partial charge on any atom is 0.142 e. The van der Waals surface area contributed by atoms with Gasteiger partial charge >= 0.3 is 0 Å². The van der Waals surface area contributed by atoms with Gasteiger partial charge in [-0.3, -0.25) is 4.98 Å². The Morgan fingerprint density at radius 3 is 2.95 bits per heavy atom. The Morgan fingerprint density at radius 1 is 1.32 bits per heavy atom. The van der Waals surface area contributed by atoms with Crippen LogP contribution in [0.4, 0.5) is 5.69 Å². The van der Waals surface area contributed by atoms with Gasteiger partial charge in [0, 0.05) is 24.0 Å². The summed E-state index contributed by atoms with van der Waals surface area (Å²) in [7, 11) is 0. The highest BCUT2D eigenvalue weighted by Gasteiger charge is 2.04. The number of hydrogen-bond donors (Lipinski definition) is 1. The van der Waals surface area contributed by atoms with Crippen LogP contribution in [0, 0.1) is 0 Å². The van der Waals surface area contributed by atoms with Crippen molar-refractivity contribution in [3.8, 4) is 5.75 Å². The molecule has 100 valence electrons. The number of nitrogens with zero attached hydrogens (tertiary/aromatic N) is 1. The van der Waals surface area contributed by atoms with E-state index in [4.69, 9.17) is 16.3 Å². The van der Waals surface area contributed by atoms with Crippen molar-refractivity contribution in [2.24, 2.45) is 0 Å². The molecule has 0 fully saturated rings. The third-order valence-electron chi connectivity index (χ3n) is 2.61. The molecule has 0 atom stereocenters. The highest BCUT2D eigenvalue weighted by Crippen LogP contribution is 2.28. The summed E-state index contributed by atoms with van der Waals surface area (Å²) in [5.74, 6) is 0.829. The van der Waals surface area contributed by atoms with E-state index in [1.807, 2.05) is 36.5 Å². The Bertz CT molecular complexity index is 517. The average Bonchev–Trinajstić information content (AvgIpc) is 2.45. The lowest BCUT2D eigenvalue weighted by atomic mass is 10.2. The number of halogens is 1. The second-order valence-electron chi connectivity index (χ2n) is 4.20. The molecule has 0 saturated carbocycles. The second-order valence-corrected chi connectivity index (χ2v) is 4.64. The molecule has 0 aliphatic rings. The van der Waals surface area contributed by atoms with Crippen molar-refractivity contribution < 1.29 is 4.74 Å². The summed E-state index contributed by atoms with van der Waals surface area (Å²) < 4.78 is 5.69. The van der Waals surface area contributed by atoms with Gasteiger partial charge in [0.15, 0.2) is 0 Å². The first-order chi connectivity index (χ1) is 9.29. The first kappa shape index (κ1) is 13.7. The fraction of sp³-hybridized carbons (Fsp3) is 0.267. The molecule has 0 radical (unpaired) electrons. The highest BCUT2D eigenvalue weighted by molar-refractivity contribution is 6.30. The molecule has 4 heteroatoms. The Kier molecular flexibility index (Phi) is 5.04. The van der Waals surface area contributed by atoms with Gasteiger partial charge in [-0.1, -0.05) is 24.6 Å². The number of benzene rings is 1. The van der Waals surface area contributed by atoms with Gasteiger partial charge in [0.1, 0.15) is 5.75 Å². The van der Waals surface area contributed by atoms with Gasteiger partial charge in [0.2, 0.25) is 0 Å². The molecule has 0 aliphatic carbocycles. The van der Waals surface area contributed by atoms with E-state index in [1.165, 1.54) is 0 Å². The topological polar surface area (TPSA) is 34.1 Å². The fourth-order valence-electron chi connectivity index (χ4n) is 1.68. The third kappa shape index (κ3) is 4.14. The average molecular weight is 277 g/mol. The van der Waals surface area contributed by atoms with Crippen LogP contribution in [-0.4, -0.2) is 11.6 Å². The summed E-state index contributed by atoms with van der Waals surface area (Å²) in [6.45, 7) is 3.47. The number of nitrogens with one attached hydrogen (secondary N) is 1. The van der Waals surface area contributed by atoms with Crippen LogP contribution in [0.5, 0.6) is 5.75 Å². The first-order valence-electron chi connectivity index (χ1n) is 6.34. The largest absolute Gasteiger partial charge is 0.491 e. The quantitative estimate of drug-likeness (QED) is 0.861. The number of ether oxygens (including phenoxy) is 1. The molecule has 0 unspecified atom stereocenters. The van der Waals surface area contributed by atoms with Crippen molar-refractivity contribution in [2.45, 2.75) is 19.9 Å². The number of hydrogen-bond acceptors (Lipinski definition) is 3. The molecule has 3 nitrogen and oxygen atoms in total. The van der Waals surface area contributed by atoms with E-state index >= 15 is 0 Å². The summed E-state index contributed by atoms with van der Waals surface area (Å²) >= 11 is 6.02. The maximum atomic E-state index is 6.02. The maximum absolute atomic E-state index is 6.02. The lowest BCUT2D eigenvalue weighted by Crippen LogP contribution is -2.03. The van der Waals surface area contributed by atoms with Crippen LogP contribution >= 0.6 is 11.6 Å². The molecule has 0 aliphatic heterocycles. The van der Waals surface area contributed by atoms with Gasteiger partial charge in [0.05, 0.1) is 12.3 Å². The summed E-state index contributed by atoms with van der Waals surface area (Å²) in [5, 5.41) is 4.02. The molecular weight excluding hydrogens is 260 g/mol. The standard InChI is InChI=1S/C15H17ClN2O/c1-2-8-19-15-6-5-13(16)9-14(15)18-11-12-4-3-7-17-10-12/h3-7,9-10,18H,2,8,11H2,1H3. The number of aromatic nitrogens is 1. The monoisotopic (exact) mass is 276 g/mol. The lowest BCUT2D eigenvalue weighted by Gasteiger charge is -2.13. The molecule has 1 aromatic heterocycles. The van der Waals surface area contributed by atoms with Crippen molar-refractivity contribution in [3.63, 3.8) is 0 Å². The Morgan fingerprint density at radius 2 is 2.21 bits per heavy atom. The Hall–Kier alpha value is -1.74. The van der Waals surface area contributed by atoms with Crippen molar-refractivity contribution in [3.05, 3.63) is 53.3 Å². The first-order valence-corrected chi connectivity index (χ1v) is 6.72. The van der Waals surface area contributed by atoms with Crippen LogP contribution in [-0.2, 0) is 6.54 Å². The molecular formula is C15H17ClN2O. The van der Waals surface area contributed by atoms with E-state index in [1.54, 1.807) is 6.20 Å². The molecule has 2 rings (SSSR count). The van der Waals surface area contributed by atoms with Gasteiger partial charge in [-0.15, -0.1) is 0 Å². The second kappa shape index (κ2) is 7.00. The van der Waals surface area contributed by atoms with E-state index in [0.717, 1.165) is 23.4 Å². The predicted molar refractivity (Wildman–Crippen MR) is 78.8 cm³/mol. The molecule has 0 saturated heterocycles. The SMILES string of the molecule is CCCOc1ccc(Cl)cc1NCc1cccnc1. The Balaban J connectivity index is 2.07. The summed E-state index contributed by atoms with van der Waals surface area (Å²) in [4.78, 5) is 4.09. The minimum absolute atomic E-state index is 0.691. The molecule has 1 aromatic carbocycles. The molecule has 19 heavy (non-hydrogen) atoms. The highest BCUT2D eigenvalue weighted by atomic mass is 35.5. The van der Waals surface area contributed by atoms with Gasteiger partial charge in [0.25, 0.3) is 0 Å². The van der Waals surface area contributed by atoms with Crippen LogP contribution in [0.15, 0.2) is 42.7 Å². The molecule has 1 N–H and O–H groups in total. The van der Waals surface area contributed by atoms with E-state index in [0.29, 0.717) is 18.2 Å². The van der Waals surface area contributed by atoms with Crippen molar-refractivity contribution in [1.29, 1.82) is 0 Å². The normalized spacial score (nSPS) is 10.2. The number of pyridine rings is 1. The zero-order valence-electron chi connectivity index (χ0n) is 10.9. The van der Waals surface area contributed by atoms with Crippen LogP contribution in [0.3, 0.4) is 0 Å². The van der Waals surface area contributed by atoms with Gasteiger partial charge in [-0.05, 0) is 36.2 Å². The summed E-state index contributed by atoms with van der Waals surface area (Å²) in [5.41, 5.74) is 2.02. The van der Waals surface area contributed by atoms with Crippen LogP contribution in [0.1, 0.15) is 18.9 Å². The zero-order chi connectivity index (χ0) is 13.5. The van der Waals surface area contributed by atoms with Crippen LogP contribution in [0.25, 0.3) is 0 Å². The Labute approximate surface area is 118 Å². The minimum atomic E-state index is 0.691. The van der Waals surface area contributed by atoms with E-state index in [9.17, 15) is 0 Å². The van der Waals surface area contributed by atoms with Crippen LogP contribution in [0.2, 0.25) is 5.02 Å². The van der Waals surface area contributed by atoms with Gasteiger partial charge in [-0.2, -0.15) is 0 Å². The minimum Gasteiger partial charge on any atom is -0.491 e. The van der Waals surface area contributed by atoms with Gasteiger partial charge in [-0.25, -0.2) is 0 Å². The van der Waals surface area contributed by atoms with Crippen molar-refractivity contribution >= 4 is 17.3 Å². The molecule has 0 bridgehead atoms. The summed E-state index contributed by atoms with van der Waals surface area (Å²) in [6, 6.07) is 9.55. The number of anilines is 1. The molecule has 0 spiro atoms. The summed E-state index contributed by atoms with van der Waals surface area (Å²) in [6.07, 6.45) is 4.58. The predicted octanol–water partition coefficient (Wildman–Crippen LogP) is 4.14. The smallest absolute Gasteiger partial charge is 0.142 e. The van der Waals surface area contributed by atoms with Crippen molar-refractivity contribution in [1.82, 2.24) is 4.98 Å². The number of rotatable bonds is 6. The zero-order valence-corrected chi connectivity index (χ0v) is 11.7. The van der Waals surface area contributed by atoms with Crippen molar-refractivity contribution in [2.75, 3.05) is 11.9 Å². The lowest BCUT2D eigenvalue weighted by molar-refractivity contribution is 0.319.